The minimum atomic E-state index is 0.687. The van der Waals surface area contributed by atoms with E-state index in [-0.39, 0.29) is 0 Å². The first-order chi connectivity index (χ1) is 6.24. The molecule has 0 heterocycles. The predicted molar refractivity (Wildman–Crippen MR) is 50.9 cm³/mol. The number of hydrogen-bond donors (Lipinski definition) is 0. The molecular weight excluding hydrogens is 164 g/mol. The Hall–Kier alpha value is -1.89. The van der Waals surface area contributed by atoms with E-state index in [9.17, 15) is 0 Å². The summed E-state index contributed by atoms with van der Waals surface area (Å²) < 4.78 is 0. The van der Waals surface area contributed by atoms with Crippen LogP contribution in [0.2, 0.25) is 0 Å². The number of rotatable bonds is 2. The summed E-state index contributed by atoms with van der Waals surface area (Å²) in [6, 6.07) is 7.48. The number of hydrogen-bond acceptors (Lipinski definition) is 4. The summed E-state index contributed by atoms with van der Waals surface area (Å²) in [5, 5.41) is 15.1. The second-order valence-corrected chi connectivity index (χ2v) is 2.71. The molecule has 0 saturated heterocycles. The van der Waals surface area contributed by atoms with Gasteiger partial charge in [0, 0.05) is 19.8 Å². The first-order valence-corrected chi connectivity index (χ1v) is 3.81. The lowest BCUT2D eigenvalue weighted by atomic mass is 10.3. The van der Waals surface area contributed by atoms with Crippen LogP contribution in [-0.2, 0) is 0 Å². The summed E-state index contributed by atoms with van der Waals surface area (Å²) in [5.74, 6) is 0. The van der Waals surface area contributed by atoms with Crippen LogP contribution in [0.15, 0.2) is 34.5 Å². The first kappa shape index (κ1) is 9.20. The highest BCUT2D eigenvalue weighted by Crippen LogP contribution is 2.17. The van der Waals surface area contributed by atoms with Gasteiger partial charge < -0.3 is 4.90 Å². The van der Waals surface area contributed by atoms with Crippen molar-refractivity contribution in [1.82, 2.24) is 0 Å². The molecule has 0 amide bonds. The van der Waals surface area contributed by atoms with E-state index in [0.717, 1.165) is 5.69 Å². The maximum Gasteiger partial charge on any atom is 0.226 e. The molecule has 0 atom stereocenters. The third-order valence-electron chi connectivity index (χ3n) is 1.58. The molecule has 1 aromatic rings. The predicted octanol–water partition coefficient (Wildman–Crippen LogP) is 2.32. The van der Waals surface area contributed by atoms with Crippen LogP contribution in [0.3, 0.4) is 0 Å². The van der Waals surface area contributed by atoms with Gasteiger partial charge in [0.15, 0.2) is 0 Å². The lowest BCUT2D eigenvalue weighted by Gasteiger charge is -2.11. The zero-order valence-corrected chi connectivity index (χ0v) is 7.60. The van der Waals surface area contributed by atoms with E-state index in [1.165, 1.54) is 0 Å². The van der Waals surface area contributed by atoms with Crippen molar-refractivity contribution in [3.05, 3.63) is 24.3 Å². The molecule has 0 fully saturated rings. The van der Waals surface area contributed by atoms with Crippen molar-refractivity contribution in [3.63, 3.8) is 0 Å². The van der Waals surface area contributed by atoms with Gasteiger partial charge in [0.1, 0.15) is 0 Å². The van der Waals surface area contributed by atoms with Crippen LogP contribution in [0.25, 0.3) is 0 Å². The Bertz CT molecular complexity index is 332. The summed E-state index contributed by atoms with van der Waals surface area (Å²) in [6.45, 7) is 0. The molecule has 0 aliphatic rings. The lowest BCUT2D eigenvalue weighted by molar-refractivity contribution is 1.13. The van der Waals surface area contributed by atoms with Crippen molar-refractivity contribution in [1.29, 1.82) is 5.26 Å². The van der Waals surface area contributed by atoms with Gasteiger partial charge in [0.25, 0.3) is 0 Å². The van der Waals surface area contributed by atoms with Gasteiger partial charge >= 0.3 is 0 Å². The van der Waals surface area contributed by atoms with Gasteiger partial charge in [-0.1, -0.05) is 5.11 Å². The molecule has 0 aliphatic heterocycles. The maximum atomic E-state index is 8.15. The number of nitrogens with zero attached hydrogens (tertiary/aromatic N) is 4. The van der Waals surface area contributed by atoms with Gasteiger partial charge in [0.2, 0.25) is 6.19 Å². The van der Waals surface area contributed by atoms with Crippen LogP contribution in [0.1, 0.15) is 0 Å². The second kappa shape index (κ2) is 4.21. The maximum absolute atomic E-state index is 8.15. The van der Waals surface area contributed by atoms with Crippen LogP contribution in [0.4, 0.5) is 11.4 Å². The largest absolute Gasteiger partial charge is 0.378 e. The van der Waals surface area contributed by atoms with Gasteiger partial charge in [-0.15, -0.1) is 5.11 Å². The molecule has 1 rings (SSSR count). The summed E-state index contributed by atoms with van der Waals surface area (Å²) >= 11 is 0. The molecule has 0 aliphatic carbocycles. The highest BCUT2D eigenvalue weighted by Gasteiger charge is 1.93. The van der Waals surface area contributed by atoms with E-state index in [2.05, 4.69) is 10.2 Å². The van der Waals surface area contributed by atoms with Crippen molar-refractivity contribution in [2.75, 3.05) is 19.0 Å². The number of benzene rings is 1. The topological polar surface area (TPSA) is 51.8 Å². The molecule has 66 valence electrons. The van der Waals surface area contributed by atoms with E-state index in [1.54, 1.807) is 6.19 Å². The molecule has 0 saturated carbocycles. The van der Waals surface area contributed by atoms with Crippen molar-refractivity contribution in [2.45, 2.75) is 0 Å². The number of azo groups is 1. The fourth-order valence-corrected chi connectivity index (χ4v) is 0.898. The third kappa shape index (κ3) is 2.56. The average molecular weight is 174 g/mol. The standard InChI is InChI=1S/C9H10N4/c1-13(2)9-5-3-8(4-6-9)12-11-7-10/h3-6H,1-2H3. The Morgan fingerprint density at radius 3 is 2.31 bits per heavy atom. The van der Waals surface area contributed by atoms with Crippen LogP contribution in [-0.4, -0.2) is 14.1 Å². The average Bonchev–Trinajstić information content (AvgIpc) is 2.15. The minimum absolute atomic E-state index is 0.687. The monoisotopic (exact) mass is 174 g/mol. The first-order valence-electron chi connectivity index (χ1n) is 3.81. The van der Waals surface area contributed by atoms with Gasteiger partial charge in [0.05, 0.1) is 5.69 Å². The Morgan fingerprint density at radius 1 is 1.23 bits per heavy atom. The molecule has 4 heteroatoms. The van der Waals surface area contributed by atoms with E-state index in [0.29, 0.717) is 5.69 Å². The van der Waals surface area contributed by atoms with Crippen LogP contribution in [0, 0.1) is 11.5 Å². The van der Waals surface area contributed by atoms with E-state index in [1.807, 2.05) is 43.3 Å². The van der Waals surface area contributed by atoms with E-state index >= 15 is 0 Å². The molecule has 13 heavy (non-hydrogen) atoms. The highest BCUT2D eigenvalue weighted by atomic mass is 15.1. The molecule has 1 aromatic carbocycles. The molecule has 0 aromatic heterocycles. The quantitative estimate of drug-likeness (QED) is 0.510. The fraction of sp³-hybridized carbons (Fsp3) is 0.222. The fourth-order valence-electron chi connectivity index (χ4n) is 0.898. The summed E-state index contributed by atoms with van der Waals surface area (Å²) in [6.07, 6.45) is 1.60. The number of anilines is 1. The zero-order chi connectivity index (χ0) is 9.68. The summed E-state index contributed by atoms with van der Waals surface area (Å²) in [5.41, 5.74) is 1.78. The molecule has 0 spiro atoms. The molecule has 0 bridgehead atoms. The van der Waals surface area contributed by atoms with Gasteiger partial charge in [-0.2, -0.15) is 5.26 Å². The molecule has 0 N–H and O–H groups in total. The Kier molecular flexibility index (Phi) is 2.98. The Morgan fingerprint density at radius 2 is 1.85 bits per heavy atom. The smallest absolute Gasteiger partial charge is 0.226 e. The highest BCUT2D eigenvalue weighted by molar-refractivity contribution is 5.51. The molecule has 4 nitrogen and oxygen atoms in total. The van der Waals surface area contributed by atoms with Crippen LogP contribution < -0.4 is 4.90 Å². The van der Waals surface area contributed by atoms with Crippen LogP contribution in [0.5, 0.6) is 0 Å². The molecular formula is C9H10N4. The van der Waals surface area contributed by atoms with Gasteiger partial charge in [-0.05, 0) is 24.3 Å². The normalized spacial score (nSPS) is 9.92. The summed E-state index contributed by atoms with van der Waals surface area (Å²) in [4.78, 5) is 1.99. The van der Waals surface area contributed by atoms with Crippen molar-refractivity contribution < 1.29 is 0 Å². The zero-order valence-electron chi connectivity index (χ0n) is 7.60. The summed E-state index contributed by atoms with van der Waals surface area (Å²) in [7, 11) is 3.93. The SMILES string of the molecule is CN(C)c1ccc(N=NC#N)cc1. The molecule has 0 unspecified atom stereocenters. The molecule has 0 radical (unpaired) electrons. The van der Waals surface area contributed by atoms with Crippen molar-refractivity contribution >= 4 is 11.4 Å². The third-order valence-corrected chi connectivity index (χ3v) is 1.58. The van der Waals surface area contributed by atoms with Gasteiger partial charge in [-0.25, -0.2) is 0 Å². The van der Waals surface area contributed by atoms with Crippen molar-refractivity contribution in [2.24, 2.45) is 10.2 Å². The van der Waals surface area contributed by atoms with Crippen molar-refractivity contribution in [3.8, 4) is 6.19 Å². The van der Waals surface area contributed by atoms with Gasteiger partial charge in [-0.3, -0.25) is 0 Å². The number of nitriles is 1. The second-order valence-electron chi connectivity index (χ2n) is 2.71. The Labute approximate surface area is 77.1 Å². The lowest BCUT2D eigenvalue weighted by Crippen LogP contribution is -2.07. The van der Waals surface area contributed by atoms with E-state index in [4.69, 9.17) is 5.26 Å². The van der Waals surface area contributed by atoms with E-state index < -0.39 is 0 Å². The Balaban J connectivity index is 2.83. The minimum Gasteiger partial charge on any atom is -0.378 e. The van der Waals surface area contributed by atoms with Crippen LogP contribution >= 0.6 is 0 Å².